The number of H-pyrrole nitrogens is 1. The predicted molar refractivity (Wildman–Crippen MR) is 61.0 cm³/mol. The van der Waals surface area contributed by atoms with E-state index < -0.39 is 52.8 Å². The van der Waals surface area contributed by atoms with Crippen LogP contribution in [0.1, 0.15) is 6.23 Å². The van der Waals surface area contributed by atoms with Crippen LogP contribution >= 0.6 is 0 Å². The number of aliphatic hydroxyl groups excluding tert-OH is 1. The first-order valence-corrected chi connectivity index (χ1v) is 6.94. The molecule has 110 valence electrons. The average molecular weight is 306 g/mol. The first-order chi connectivity index (χ1) is 9.41. The molecule has 1 aromatic heterocycles. The molecular formula is C9H10N2O8S. The lowest BCUT2D eigenvalue weighted by molar-refractivity contribution is -0.0579. The van der Waals surface area contributed by atoms with Crippen molar-refractivity contribution in [1.29, 1.82) is 0 Å². The van der Waals surface area contributed by atoms with Gasteiger partial charge in [-0.15, -0.1) is 0 Å². The van der Waals surface area contributed by atoms with Gasteiger partial charge in [0.2, 0.25) is 0 Å². The van der Waals surface area contributed by atoms with E-state index in [1.807, 2.05) is 4.98 Å². The Bertz CT molecular complexity index is 737. The lowest BCUT2D eigenvalue weighted by atomic mass is 10.1. The number of rotatable bonds is 2. The highest BCUT2D eigenvalue weighted by Crippen LogP contribution is 2.39. The van der Waals surface area contributed by atoms with Gasteiger partial charge in [0.25, 0.3) is 5.56 Å². The molecule has 2 unspecified atom stereocenters. The molecule has 0 aromatic carbocycles. The smallest absolute Gasteiger partial charge is 0.394 e. The standard InChI is InChI=1S/C9H10N2O8S/c12-3-4-6-7(19-20(15,16)18-6)8(17-4)11-2-1-5(13)10-9(11)14/h1-2,4,6-8,12H,3H2,(H,10,13,14)/t4-,6?,7?,8-/m1/s1. The monoisotopic (exact) mass is 306 g/mol. The van der Waals surface area contributed by atoms with E-state index in [2.05, 4.69) is 4.18 Å². The minimum atomic E-state index is -4.19. The van der Waals surface area contributed by atoms with Gasteiger partial charge in [0.05, 0.1) is 6.61 Å². The van der Waals surface area contributed by atoms with Crippen LogP contribution in [0, 0.1) is 0 Å². The van der Waals surface area contributed by atoms with E-state index >= 15 is 0 Å². The Morgan fingerprint density at radius 3 is 2.65 bits per heavy atom. The van der Waals surface area contributed by atoms with Crippen molar-refractivity contribution in [2.75, 3.05) is 6.61 Å². The van der Waals surface area contributed by atoms with E-state index in [1.165, 1.54) is 0 Å². The number of fused-ring (bicyclic) bond motifs is 1. The summed E-state index contributed by atoms with van der Waals surface area (Å²) in [5.74, 6) is 0. The maximum absolute atomic E-state index is 11.7. The van der Waals surface area contributed by atoms with E-state index in [0.29, 0.717) is 0 Å². The summed E-state index contributed by atoms with van der Waals surface area (Å²) in [6, 6.07) is 1.08. The second-order valence-electron chi connectivity index (χ2n) is 4.30. The summed E-state index contributed by atoms with van der Waals surface area (Å²) in [7, 11) is -4.19. The number of ether oxygens (including phenoxy) is 1. The molecular weight excluding hydrogens is 296 g/mol. The average Bonchev–Trinajstić information content (AvgIpc) is 2.83. The largest absolute Gasteiger partial charge is 0.400 e. The Morgan fingerprint density at radius 2 is 2.00 bits per heavy atom. The number of aromatic nitrogens is 2. The molecule has 2 N–H and O–H groups in total. The molecule has 0 spiro atoms. The lowest BCUT2D eigenvalue weighted by Gasteiger charge is -2.17. The van der Waals surface area contributed by atoms with Crippen LogP contribution < -0.4 is 11.2 Å². The Hall–Kier alpha value is -1.53. The van der Waals surface area contributed by atoms with Gasteiger partial charge in [0.15, 0.2) is 12.3 Å². The van der Waals surface area contributed by atoms with Crippen LogP contribution in [-0.2, 0) is 23.5 Å². The van der Waals surface area contributed by atoms with Crippen molar-refractivity contribution in [3.05, 3.63) is 33.1 Å². The van der Waals surface area contributed by atoms with Crippen molar-refractivity contribution in [3.8, 4) is 0 Å². The van der Waals surface area contributed by atoms with Gasteiger partial charge in [-0.1, -0.05) is 0 Å². The van der Waals surface area contributed by atoms with Gasteiger partial charge in [-0.2, -0.15) is 8.42 Å². The second kappa shape index (κ2) is 4.49. The summed E-state index contributed by atoms with van der Waals surface area (Å²) >= 11 is 0. The zero-order valence-corrected chi connectivity index (χ0v) is 10.6. The summed E-state index contributed by atoms with van der Waals surface area (Å²) in [5.41, 5.74) is -1.39. The van der Waals surface area contributed by atoms with E-state index in [1.54, 1.807) is 0 Å². The highest BCUT2D eigenvalue weighted by molar-refractivity contribution is 7.82. The topological polar surface area (TPSA) is 137 Å². The van der Waals surface area contributed by atoms with Crippen molar-refractivity contribution >= 4 is 10.4 Å². The number of aromatic amines is 1. The van der Waals surface area contributed by atoms with Crippen LogP contribution in [-0.4, -0.2) is 48.0 Å². The van der Waals surface area contributed by atoms with Gasteiger partial charge in [-0.05, 0) is 0 Å². The van der Waals surface area contributed by atoms with Crippen LogP contribution in [0.15, 0.2) is 21.9 Å². The quantitative estimate of drug-likeness (QED) is 0.609. The summed E-state index contributed by atoms with van der Waals surface area (Å²) in [5, 5.41) is 9.16. The molecule has 11 heteroatoms. The number of nitrogens with one attached hydrogen (secondary N) is 1. The molecule has 3 rings (SSSR count). The van der Waals surface area contributed by atoms with Crippen molar-refractivity contribution in [1.82, 2.24) is 9.55 Å². The molecule has 2 aliphatic rings. The lowest BCUT2D eigenvalue weighted by Crippen LogP contribution is -2.36. The highest BCUT2D eigenvalue weighted by Gasteiger charge is 2.56. The number of nitrogens with zero attached hydrogens (tertiary/aromatic N) is 1. The summed E-state index contributed by atoms with van der Waals surface area (Å²) < 4.78 is 38.3. The Labute approximate surface area is 111 Å². The van der Waals surface area contributed by atoms with Crippen molar-refractivity contribution < 1.29 is 26.6 Å². The van der Waals surface area contributed by atoms with Crippen LogP contribution in [0.4, 0.5) is 0 Å². The van der Waals surface area contributed by atoms with Gasteiger partial charge in [-0.25, -0.2) is 13.2 Å². The Kier molecular flexibility index (Phi) is 3.02. The first-order valence-electron chi connectivity index (χ1n) is 5.60. The third-order valence-electron chi connectivity index (χ3n) is 3.05. The third-order valence-corrected chi connectivity index (χ3v) is 3.96. The molecule has 4 atom stereocenters. The van der Waals surface area contributed by atoms with Gasteiger partial charge < -0.3 is 9.84 Å². The summed E-state index contributed by atoms with van der Waals surface area (Å²) in [6.07, 6.45) is -3.09. The number of aliphatic hydroxyl groups is 1. The molecule has 2 saturated heterocycles. The number of hydrogen-bond donors (Lipinski definition) is 2. The molecule has 0 saturated carbocycles. The van der Waals surface area contributed by atoms with Crippen LogP contribution in [0.5, 0.6) is 0 Å². The van der Waals surface area contributed by atoms with E-state index in [-0.39, 0.29) is 0 Å². The predicted octanol–water partition coefficient (Wildman–Crippen LogP) is -2.54. The van der Waals surface area contributed by atoms with Gasteiger partial charge in [0, 0.05) is 12.3 Å². The molecule has 0 amide bonds. The van der Waals surface area contributed by atoms with Gasteiger partial charge >= 0.3 is 16.1 Å². The van der Waals surface area contributed by atoms with E-state index in [0.717, 1.165) is 16.8 Å². The molecule has 0 bridgehead atoms. The highest BCUT2D eigenvalue weighted by atomic mass is 32.3. The fourth-order valence-electron chi connectivity index (χ4n) is 2.22. The fraction of sp³-hybridized carbons (Fsp3) is 0.556. The fourth-order valence-corrected chi connectivity index (χ4v) is 3.25. The van der Waals surface area contributed by atoms with Crippen LogP contribution in [0.25, 0.3) is 0 Å². The molecule has 1 aromatic rings. The van der Waals surface area contributed by atoms with Gasteiger partial charge in [0.1, 0.15) is 12.2 Å². The SMILES string of the molecule is O=c1ccn([C@@H]2O[C@H](CO)C3OS(=O)(=O)OC32)c(=O)[nH]1. The Morgan fingerprint density at radius 1 is 1.30 bits per heavy atom. The van der Waals surface area contributed by atoms with Crippen molar-refractivity contribution in [2.45, 2.75) is 24.5 Å². The minimum Gasteiger partial charge on any atom is -0.394 e. The number of hydrogen-bond acceptors (Lipinski definition) is 8. The van der Waals surface area contributed by atoms with Crippen LogP contribution in [0.3, 0.4) is 0 Å². The maximum Gasteiger partial charge on any atom is 0.400 e. The normalized spacial score (nSPS) is 35.0. The molecule has 2 fully saturated rings. The van der Waals surface area contributed by atoms with E-state index in [9.17, 15) is 18.0 Å². The molecule has 10 nitrogen and oxygen atoms in total. The molecule has 3 heterocycles. The zero-order chi connectivity index (χ0) is 14.5. The Balaban J connectivity index is 2.02. The summed E-state index contributed by atoms with van der Waals surface area (Å²) in [4.78, 5) is 24.7. The second-order valence-corrected chi connectivity index (χ2v) is 5.50. The van der Waals surface area contributed by atoms with Crippen molar-refractivity contribution in [3.63, 3.8) is 0 Å². The first kappa shape index (κ1) is 13.5. The molecule has 0 radical (unpaired) electrons. The van der Waals surface area contributed by atoms with Crippen LogP contribution in [0.2, 0.25) is 0 Å². The summed E-state index contributed by atoms with van der Waals surface area (Å²) in [6.45, 7) is -0.505. The zero-order valence-electron chi connectivity index (χ0n) is 9.83. The molecule has 2 aliphatic heterocycles. The molecule has 0 aliphatic carbocycles. The maximum atomic E-state index is 11.7. The van der Waals surface area contributed by atoms with Crippen molar-refractivity contribution in [2.24, 2.45) is 0 Å². The minimum absolute atomic E-state index is 0.505. The third kappa shape index (κ3) is 2.09. The molecule has 20 heavy (non-hydrogen) atoms. The van der Waals surface area contributed by atoms with E-state index in [4.69, 9.17) is 14.0 Å². The van der Waals surface area contributed by atoms with Gasteiger partial charge in [-0.3, -0.25) is 14.3 Å².